The van der Waals surface area contributed by atoms with Gasteiger partial charge in [-0.05, 0) is 96.9 Å². The number of carbonyl (C=O) groups excluding carboxylic acids is 2. The van der Waals surface area contributed by atoms with Gasteiger partial charge >= 0.3 is 0 Å². The molecule has 2 N–H and O–H groups in total. The van der Waals surface area contributed by atoms with Crippen LogP contribution in [0.1, 0.15) is 15.9 Å². The number of fused-ring (bicyclic) bond motifs is 1. The van der Waals surface area contributed by atoms with Gasteiger partial charge in [-0.15, -0.1) is 0 Å². The summed E-state index contributed by atoms with van der Waals surface area (Å²) in [5.41, 5.74) is 3.23. The highest BCUT2D eigenvalue weighted by Gasteiger charge is 2.26. The molecule has 0 saturated carbocycles. The molecule has 11 heteroatoms. The molecule has 1 aliphatic heterocycles. The third kappa shape index (κ3) is 6.47. The number of hydrogen-bond acceptors (Lipinski definition) is 7. The third-order valence-electron chi connectivity index (χ3n) is 6.69. The van der Waals surface area contributed by atoms with Gasteiger partial charge in [-0.2, -0.15) is 0 Å². The number of carbonyl (C=O) groups is 2. The maximum absolute atomic E-state index is 13.1. The number of amides is 2. The molecule has 0 fully saturated rings. The lowest BCUT2D eigenvalue weighted by molar-refractivity contribution is -0.118. The van der Waals surface area contributed by atoms with E-state index in [-0.39, 0.29) is 17.4 Å². The monoisotopic (exact) mass is 587 g/mol. The van der Waals surface area contributed by atoms with E-state index in [0.29, 0.717) is 40.7 Å². The van der Waals surface area contributed by atoms with Crippen molar-refractivity contribution in [2.24, 2.45) is 0 Å². The molecule has 10 nitrogen and oxygen atoms in total. The van der Waals surface area contributed by atoms with Crippen molar-refractivity contribution in [1.29, 1.82) is 0 Å². The van der Waals surface area contributed by atoms with E-state index in [1.165, 1.54) is 31.4 Å². The molecule has 1 aliphatic rings. The van der Waals surface area contributed by atoms with E-state index < -0.39 is 15.9 Å². The van der Waals surface area contributed by atoms with Crippen molar-refractivity contribution in [2.45, 2.75) is 11.3 Å². The van der Waals surface area contributed by atoms with Crippen LogP contribution in [0.15, 0.2) is 95.9 Å². The Morgan fingerprint density at radius 3 is 2.02 bits per heavy atom. The maximum Gasteiger partial charge on any atom is 0.262 e. The average Bonchev–Trinajstić information content (AvgIpc) is 3.43. The zero-order valence-electron chi connectivity index (χ0n) is 23.0. The van der Waals surface area contributed by atoms with Crippen molar-refractivity contribution in [1.82, 2.24) is 0 Å². The van der Waals surface area contributed by atoms with Gasteiger partial charge in [0, 0.05) is 29.2 Å². The Bertz CT molecular complexity index is 1690. The average molecular weight is 588 g/mol. The Morgan fingerprint density at radius 2 is 1.38 bits per heavy atom. The molecule has 5 rings (SSSR count). The molecule has 0 aliphatic carbocycles. The molecule has 42 heavy (non-hydrogen) atoms. The van der Waals surface area contributed by atoms with Crippen LogP contribution < -0.4 is 29.1 Å². The van der Waals surface area contributed by atoms with E-state index in [9.17, 15) is 18.0 Å². The minimum Gasteiger partial charge on any atom is -0.497 e. The normalized spacial score (nSPS) is 12.3. The first-order chi connectivity index (χ1) is 20.3. The number of sulfonamides is 1. The first-order valence-corrected chi connectivity index (χ1v) is 14.5. The van der Waals surface area contributed by atoms with E-state index in [1.54, 1.807) is 72.7 Å². The Balaban J connectivity index is 1.17. The Labute approximate surface area is 243 Å². The summed E-state index contributed by atoms with van der Waals surface area (Å²) in [6.07, 6.45) is 0.718. The zero-order chi connectivity index (χ0) is 29.7. The number of ether oxygens (including phenoxy) is 3. The molecule has 2 amide bonds. The fraction of sp³-hybridized carbons (Fsp3) is 0.161. The van der Waals surface area contributed by atoms with Crippen LogP contribution in [-0.2, 0) is 21.2 Å². The predicted molar refractivity (Wildman–Crippen MR) is 159 cm³/mol. The van der Waals surface area contributed by atoms with E-state index in [0.717, 1.165) is 17.7 Å². The van der Waals surface area contributed by atoms with Crippen molar-refractivity contribution in [3.8, 4) is 17.2 Å². The molecule has 0 atom stereocenters. The molecule has 216 valence electrons. The second-order valence-electron chi connectivity index (χ2n) is 9.42. The highest BCUT2D eigenvalue weighted by atomic mass is 32.2. The quantitative estimate of drug-likeness (QED) is 0.275. The topological polar surface area (TPSA) is 123 Å². The van der Waals surface area contributed by atoms with Gasteiger partial charge in [-0.25, -0.2) is 8.42 Å². The minimum atomic E-state index is -3.82. The number of nitrogens with zero attached hydrogens (tertiary/aromatic N) is 1. The van der Waals surface area contributed by atoms with Crippen LogP contribution in [-0.4, -0.2) is 47.6 Å². The molecule has 0 spiro atoms. The lowest BCUT2D eigenvalue weighted by atomic mass is 10.1. The summed E-state index contributed by atoms with van der Waals surface area (Å²) in [5, 5.41) is 2.79. The van der Waals surface area contributed by atoms with E-state index in [4.69, 9.17) is 14.2 Å². The standard InChI is InChI=1S/C31H29N3O7S/c1-39-25-9-4-22(5-10-25)31(36)34-18-17-21-3-6-24(19-29(21)34)32-30(35)20-41-27-13-15-28(16-14-27)42(37,38)33-23-7-11-26(40-2)12-8-23/h3-16,19,33H,17-18,20H2,1-2H3,(H,32,35). The number of benzene rings is 4. The second kappa shape index (κ2) is 12.2. The summed E-state index contributed by atoms with van der Waals surface area (Å²) in [6, 6.07) is 24.7. The number of hydrogen-bond donors (Lipinski definition) is 2. The van der Waals surface area contributed by atoms with Gasteiger partial charge in [-0.3, -0.25) is 14.3 Å². The molecular weight excluding hydrogens is 558 g/mol. The highest BCUT2D eigenvalue weighted by molar-refractivity contribution is 7.92. The lowest BCUT2D eigenvalue weighted by Crippen LogP contribution is -2.29. The summed E-state index contributed by atoms with van der Waals surface area (Å²) < 4.78 is 43.8. The Hall–Kier alpha value is -5.03. The van der Waals surface area contributed by atoms with Crippen molar-refractivity contribution in [3.63, 3.8) is 0 Å². The summed E-state index contributed by atoms with van der Waals surface area (Å²) in [6.45, 7) is 0.254. The smallest absolute Gasteiger partial charge is 0.262 e. The third-order valence-corrected chi connectivity index (χ3v) is 8.09. The van der Waals surface area contributed by atoms with Gasteiger partial charge in [-0.1, -0.05) is 6.07 Å². The Morgan fingerprint density at radius 1 is 0.786 bits per heavy atom. The number of nitrogens with one attached hydrogen (secondary N) is 2. The van der Waals surface area contributed by atoms with Gasteiger partial charge in [0.25, 0.3) is 21.8 Å². The fourth-order valence-corrected chi connectivity index (χ4v) is 5.55. The second-order valence-corrected chi connectivity index (χ2v) is 11.1. The van der Waals surface area contributed by atoms with Crippen LogP contribution >= 0.6 is 0 Å². The minimum absolute atomic E-state index is 0.0435. The van der Waals surface area contributed by atoms with Gasteiger partial charge in [0.2, 0.25) is 0 Å². The van der Waals surface area contributed by atoms with Crippen molar-refractivity contribution in [2.75, 3.05) is 42.3 Å². The van der Waals surface area contributed by atoms with Crippen molar-refractivity contribution >= 4 is 38.9 Å². The van der Waals surface area contributed by atoms with Crippen molar-refractivity contribution < 1.29 is 32.2 Å². The first kappa shape index (κ1) is 28.5. The first-order valence-electron chi connectivity index (χ1n) is 13.0. The summed E-state index contributed by atoms with van der Waals surface area (Å²) >= 11 is 0. The number of methoxy groups -OCH3 is 2. The SMILES string of the molecule is COc1ccc(NS(=O)(=O)c2ccc(OCC(=O)Nc3ccc4c(c3)N(C(=O)c3ccc(OC)cc3)CC4)cc2)cc1. The van der Waals surface area contributed by atoms with Crippen molar-refractivity contribution in [3.05, 3.63) is 102 Å². The molecule has 0 unspecified atom stereocenters. The van der Waals surface area contributed by atoms with Gasteiger partial charge in [0.15, 0.2) is 6.61 Å². The molecule has 0 aromatic heterocycles. The largest absolute Gasteiger partial charge is 0.497 e. The van der Waals surface area contributed by atoms with Crippen LogP contribution in [0.4, 0.5) is 17.1 Å². The highest BCUT2D eigenvalue weighted by Crippen LogP contribution is 2.32. The van der Waals surface area contributed by atoms with Gasteiger partial charge < -0.3 is 24.4 Å². The van der Waals surface area contributed by atoms with Crippen LogP contribution in [0.25, 0.3) is 0 Å². The van der Waals surface area contributed by atoms with E-state index in [1.807, 2.05) is 6.07 Å². The number of rotatable bonds is 10. The van der Waals surface area contributed by atoms with Gasteiger partial charge in [0.1, 0.15) is 17.2 Å². The zero-order valence-corrected chi connectivity index (χ0v) is 23.8. The summed E-state index contributed by atoms with van der Waals surface area (Å²) in [4.78, 5) is 27.5. The predicted octanol–water partition coefficient (Wildman–Crippen LogP) is 4.73. The van der Waals surface area contributed by atoms with Crippen LogP contribution in [0.3, 0.4) is 0 Å². The maximum atomic E-state index is 13.1. The van der Waals surface area contributed by atoms with Crippen LogP contribution in [0.5, 0.6) is 17.2 Å². The molecule has 0 saturated heterocycles. The molecule has 4 aromatic carbocycles. The summed E-state index contributed by atoms with van der Waals surface area (Å²) in [7, 11) is -0.718. The molecule has 0 radical (unpaired) electrons. The van der Waals surface area contributed by atoms with Crippen LogP contribution in [0, 0.1) is 0 Å². The lowest BCUT2D eigenvalue weighted by Gasteiger charge is -2.18. The van der Waals surface area contributed by atoms with Gasteiger partial charge in [0.05, 0.1) is 19.1 Å². The molecular formula is C31H29N3O7S. The fourth-order valence-electron chi connectivity index (χ4n) is 4.49. The molecule has 1 heterocycles. The van der Waals surface area contributed by atoms with Crippen LogP contribution in [0.2, 0.25) is 0 Å². The Kier molecular flexibility index (Phi) is 8.30. The van der Waals surface area contributed by atoms with E-state index >= 15 is 0 Å². The summed E-state index contributed by atoms with van der Waals surface area (Å²) in [5.74, 6) is 1.08. The van der Waals surface area contributed by atoms with E-state index in [2.05, 4.69) is 10.0 Å². The molecule has 0 bridgehead atoms. The number of anilines is 3. The molecule has 4 aromatic rings.